The van der Waals surface area contributed by atoms with Crippen LogP contribution in [-0.2, 0) is 4.79 Å². The van der Waals surface area contributed by atoms with E-state index in [-0.39, 0.29) is 5.91 Å². The Balaban J connectivity index is 2.18. The highest BCUT2D eigenvalue weighted by atomic mass is 35.5. The zero-order chi connectivity index (χ0) is 15.9. The molecule has 1 amide bonds. The first-order valence-corrected chi connectivity index (χ1v) is 7.23. The van der Waals surface area contributed by atoms with Crippen LogP contribution in [0.5, 0.6) is 0 Å². The molecule has 0 radical (unpaired) electrons. The average Bonchev–Trinajstić information content (AvgIpc) is 2.51. The number of carboxylic acid groups (broad SMARTS) is 1. The van der Waals surface area contributed by atoms with Crippen molar-refractivity contribution in [3.8, 4) is 0 Å². The van der Waals surface area contributed by atoms with Crippen molar-refractivity contribution >= 4 is 23.5 Å². The second kappa shape index (κ2) is 5.46. The summed E-state index contributed by atoms with van der Waals surface area (Å²) in [6, 6.07) is 13.3. The molecule has 1 aliphatic rings. The number of hydrogen-bond acceptors (Lipinski definition) is 2. The number of likely N-dealkylation sites (N-methyl/N-ethyl adjacent to an activating group) is 1. The Morgan fingerprint density at radius 2 is 1.77 bits per heavy atom. The van der Waals surface area contributed by atoms with Gasteiger partial charge in [-0.05, 0) is 29.3 Å². The Morgan fingerprint density at radius 1 is 1.14 bits per heavy atom. The highest BCUT2D eigenvalue weighted by molar-refractivity contribution is 6.30. The van der Waals surface area contributed by atoms with E-state index in [4.69, 9.17) is 11.6 Å². The molecule has 1 heterocycles. The number of aliphatic carboxylic acids is 1. The standard InChI is InChI=1S/C17H14ClNO3/c1-19-15(10-6-8-11(18)9-7-10)14(17(21)22)12-4-2-3-5-13(12)16(19)20/h2-9,14-15H,1H3,(H,21,22)/t14-,15-/m0/s1. The SMILES string of the molecule is CN1C(=O)c2ccccc2[C@H](C(=O)O)[C@@H]1c1ccc(Cl)cc1. The Labute approximate surface area is 132 Å². The van der Waals surface area contributed by atoms with E-state index in [0.717, 1.165) is 5.56 Å². The van der Waals surface area contributed by atoms with Gasteiger partial charge in [0.25, 0.3) is 5.91 Å². The van der Waals surface area contributed by atoms with Gasteiger partial charge in [-0.3, -0.25) is 9.59 Å². The van der Waals surface area contributed by atoms with Crippen LogP contribution in [0.4, 0.5) is 0 Å². The topological polar surface area (TPSA) is 57.6 Å². The van der Waals surface area contributed by atoms with Crippen LogP contribution in [0.15, 0.2) is 48.5 Å². The Bertz CT molecular complexity index is 742. The summed E-state index contributed by atoms with van der Waals surface area (Å²) in [5.74, 6) is -1.93. The third-order valence-corrected chi connectivity index (χ3v) is 4.31. The number of amides is 1. The summed E-state index contributed by atoms with van der Waals surface area (Å²) < 4.78 is 0. The van der Waals surface area contributed by atoms with Gasteiger partial charge in [0.05, 0.1) is 6.04 Å². The van der Waals surface area contributed by atoms with Gasteiger partial charge in [0.1, 0.15) is 5.92 Å². The molecule has 2 atom stereocenters. The highest BCUT2D eigenvalue weighted by Gasteiger charge is 2.42. The number of hydrogen-bond donors (Lipinski definition) is 1. The smallest absolute Gasteiger partial charge is 0.313 e. The lowest BCUT2D eigenvalue weighted by molar-refractivity contribution is -0.140. The zero-order valence-corrected chi connectivity index (χ0v) is 12.6. The predicted octanol–water partition coefficient (Wildman–Crippen LogP) is 3.34. The van der Waals surface area contributed by atoms with Crippen molar-refractivity contribution in [2.75, 3.05) is 7.05 Å². The number of rotatable bonds is 2. The molecule has 1 aliphatic heterocycles. The lowest BCUT2D eigenvalue weighted by atomic mass is 9.80. The molecule has 0 unspecified atom stereocenters. The van der Waals surface area contributed by atoms with E-state index in [1.807, 2.05) is 0 Å². The summed E-state index contributed by atoms with van der Waals surface area (Å²) >= 11 is 5.90. The normalized spacial score (nSPS) is 20.6. The molecule has 2 aromatic carbocycles. The lowest BCUT2D eigenvalue weighted by Gasteiger charge is -2.38. The first-order chi connectivity index (χ1) is 10.5. The van der Waals surface area contributed by atoms with Gasteiger partial charge in [0, 0.05) is 17.6 Å². The fraction of sp³-hybridized carbons (Fsp3) is 0.176. The zero-order valence-electron chi connectivity index (χ0n) is 11.9. The van der Waals surface area contributed by atoms with Gasteiger partial charge < -0.3 is 10.0 Å². The maximum absolute atomic E-state index is 12.5. The predicted molar refractivity (Wildman–Crippen MR) is 83.1 cm³/mol. The van der Waals surface area contributed by atoms with Crippen LogP contribution >= 0.6 is 11.6 Å². The summed E-state index contributed by atoms with van der Waals surface area (Å²) in [6.45, 7) is 0. The van der Waals surface area contributed by atoms with E-state index >= 15 is 0 Å². The minimum absolute atomic E-state index is 0.173. The maximum atomic E-state index is 12.5. The van der Waals surface area contributed by atoms with Crippen LogP contribution in [0.1, 0.15) is 33.4 Å². The van der Waals surface area contributed by atoms with Crippen molar-refractivity contribution in [2.24, 2.45) is 0 Å². The fourth-order valence-electron chi connectivity index (χ4n) is 3.02. The molecular formula is C17H14ClNO3. The third-order valence-electron chi connectivity index (χ3n) is 4.06. The third kappa shape index (κ3) is 2.25. The van der Waals surface area contributed by atoms with Crippen LogP contribution in [0.3, 0.4) is 0 Å². The van der Waals surface area contributed by atoms with Gasteiger partial charge in [0.15, 0.2) is 0 Å². The van der Waals surface area contributed by atoms with Crippen LogP contribution < -0.4 is 0 Å². The van der Waals surface area contributed by atoms with Crippen molar-refractivity contribution < 1.29 is 14.7 Å². The number of nitrogens with zero attached hydrogens (tertiary/aromatic N) is 1. The molecule has 0 aromatic heterocycles. The molecule has 0 saturated carbocycles. The molecule has 2 aromatic rings. The van der Waals surface area contributed by atoms with E-state index < -0.39 is 17.9 Å². The number of carboxylic acids is 1. The van der Waals surface area contributed by atoms with Gasteiger partial charge in [-0.1, -0.05) is 41.9 Å². The van der Waals surface area contributed by atoms with E-state index in [1.165, 1.54) is 4.90 Å². The quantitative estimate of drug-likeness (QED) is 0.924. The lowest BCUT2D eigenvalue weighted by Crippen LogP contribution is -2.42. The maximum Gasteiger partial charge on any atom is 0.313 e. The van der Waals surface area contributed by atoms with Gasteiger partial charge in [-0.25, -0.2) is 0 Å². The monoisotopic (exact) mass is 315 g/mol. The molecule has 0 bridgehead atoms. The minimum Gasteiger partial charge on any atom is -0.481 e. The second-order valence-electron chi connectivity index (χ2n) is 5.32. The molecule has 1 N–H and O–H groups in total. The van der Waals surface area contributed by atoms with Crippen LogP contribution in [-0.4, -0.2) is 28.9 Å². The van der Waals surface area contributed by atoms with Crippen LogP contribution in [0, 0.1) is 0 Å². The van der Waals surface area contributed by atoms with Crippen molar-refractivity contribution in [3.05, 3.63) is 70.2 Å². The molecule has 3 rings (SSSR count). The second-order valence-corrected chi connectivity index (χ2v) is 5.75. The van der Waals surface area contributed by atoms with E-state index in [2.05, 4.69) is 0 Å². The molecule has 0 spiro atoms. The minimum atomic E-state index is -0.952. The summed E-state index contributed by atoms with van der Waals surface area (Å²) in [5.41, 5.74) is 1.75. The number of halogens is 1. The Kier molecular flexibility index (Phi) is 3.62. The Morgan fingerprint density at radius 3 is 2.41 bits per heavy atom. The summed E-state index contributed by atoms with van der Waals surface area (Å²) in [4.78, 5) is 25.9. The van der Waals surface area contributed by atoms with Crippen LogP contribution in [0.2, 0.25) is 5.02 Å². The summed E-state index contributed by atoms with van der Waals surface area (Å²) in [7, 11) is 1.63. The van der Waals surface area contributed by atoms with E-state index in [9.17, 15) is 14.7 Å². The van der Waals surface area contributed by atoms with Gasteiger partial charge in [-0.15, -0.1) is 0 Å². The number of fused-ring (bicyclic) bond motifs is 1. The number of carbonyl (C=O) groups is 2. The molecule has 0 fully saturated rings. The van der Waals surface area contributed by atoms with E-state index in [1.54, 1.807) is 55.6 Å². The highest BCUT2D eigenvalue weighted by Crippen LogP contribution is 2.42. The number of benzene rings is 2. The van der Waals surface area contributed by atoms with Crippen molar-refractivity contribution in [1.82, 2.24) is 4.90 Å². The largest absolute Gasteiger partial charge is 0.481 e. The van der Waals surface area contributed by atoms with Gasteiger partial charge in [0.2, 0.25) is 0 Å². The molecular weight excluding hydrogens is 302 g/mol. The molecule has 22 heavy (non-hydrogen) atoms. The van der Waals surface area contributed by atoms with Crippen molar-refractivity contribution in [2.45, 2.75) is 12.0 Å². The van der Waals surface area contributed by atoms with E-state index in [0.29, 0.717) is 16.1 Å². The fourth-order valence-corrected chi connectivity index (χ4v) is 3.14. The molecule has 112 valence electrons. The first kappa shape index (κ1) is 14.6. The van der Waals surface area contributed by atoms with Crippen molar-refractivity contribution in [3.63, 3.8) is 0 Å². The molecule has 0 aliphatic carbocycles. The van der Waals surface area contributed by atoms with Gasteiger partial charge >= 0.3 is 5.97 Å². The summed E-state index contributed by atoms with van der Waals surface area (Å²) in [6.07, 6.45) is 0. The van der Waals surface area contributed by atoms with Gasteiger partial charge in [-0.2, -0.15) is 0 Å². The average molecular weight is 316 g/mol. The summed E-state index contributed by atoms with van der Waals surface area (Å²) in [5, 5.41) is 10.3. The molecule has 5 heteroatoms. The number of carbonyl (C=O) groups excluding carboxylic acids is 1. The van der Waals surface area contributed by atoms with Crippen LogP contribution in [0.25, 0.3) is 0 Å². The van der Waals surface area contributed by atoms with Crippen molar-refractivity contribution in [1.29, 1.82) is 0 Å². The molecule has 4 nitrogen and oxygen atoms in total. The molecule has 0 saturated heterocycles. The Hall–Kier alpha value is -2.33. The first-order valence-electron chi connectivity index (χ1n) is 6.85.